The van der Waals surface area contributed by atoms with Gasteiger partial charge in [0.15, 0.2) is 5.69 Å². The molecule has 2 aromatic heterocycles. The Bertz CT molecular complexity index is 1290. The number of halogens is 2. The second-order valence-corrected chi connectivity index (χ2v) is 7.95. The average Bonchev–Trinajstić information content (AvgIpc) is 3.33. The molecular weight excluding hydrogens is 445 g/mol. The predicted molar refractivity (Wildman–Crippen MR) is 119 cm³/mol. The highest BCUT2D eigenvalue weighted by atomic mass is 35.5. The van der Waals surface area contributed by atoms with E-state index in [0.29, 0.717) is 26.6 Å². The van der Waals surface area contributed by atoms with Crippen molar-refractivity contribution in [2.75, 3.05) is 7.11 Å². The van der Waals surface area contributed by atoms with Crippen molar-refractivity contribution in [2.24, 2.45) is 10.2 Å². The van der Waals surface area contributed by atoms with Gasteiger partial charge in [-0.25, -0.2) is 4.98 Å². The molecule has 4 rings (SSSR count). The predicted octanol–water partition coefficient (Wildman–Crippen LogP) is 6.33. The normalized spacial score (nSPS) is 11.3. The number of aromatic nitrogens is 3. The molecule has 0 spiro atoms. The summed E-state index contributed by atoms with van der Waals surface area (Å²) < 4.78 is 6.53. The van der Waals surface area contributed by atoms with E-state index in [9.17, 15) is 4.79 Å². The highest BCUT2D eigenvalue weighted by Gasteiger charge is 2.15. The van der Waals surface area contributed by atoms with E-state index in [4.69, 9.17) is 27.9 Å². The van der Waals surface area contributed by atoms with Crippen LogP contribution in [0.15, 0.2) is 62.9 Å². The molecule has 10 heteroatoms. The molecule has 4 aromatic rings. The molecule has 0 aliphatic carbocycles. The maximum Gasteiger partial charge on any atom is 0.301 e. The molecule has 0 atom stereocenters. The first-order valence-corrected chi connectivity index (χ1v) is 10.4. The van der Waals surface area contributed by atoms with Gasteiger partial charge in [0.1, 0.15) is 11.4 Å². The van der Waals surface area contributed by atoms with E-state index in [0.717, 1.165) is 17.0 Å². The number of ether oxygens (including phenoxy) is 1. The molecule has 0 aliphatic rings. The highest BCUT2D eigenvalue weighted by molar-refractivity contribution is 7.12. The van der Waals surface area contributed by atoms with Crippen molar-refractivity contribution in [2.45, 2.75) is 6.92 Å². The van der Waals surface area contributed by atoms with Gasteiger partial charge in [-0.05, 0) is 49.4 Å². The number of nitrogens with one attached hydrogen (secondary N) is 1. The lowest BCUT2D eigenvalue weighted by molar-refractivity contribution is 0.415. The Morgan fingerprint density at radius 1 is 1.13 bits per heavy atom. The van der Waals surface area contributed by atoms with E-state index in [-0.39, 0.29) is 11.2 Å². The molecule has 152 valence electrons. The fourth-order valence-corrected chi connectivity index (χ4v) is 3.95. The summed E-state index contributed by atoms with van der Waals surface area (Å²) in [4.78, 5) is 17.4. The van der Waals surface area contributed by atoms with Gasteiger partial charge in [0.05, 0.1) is 23.5 Å². The Morgan fingerprint density at radius 3 is 2.60 bits per heavy atom. The Balaban J connectivity index is 1.64. The first kappa shape index (κ1) is 20.3. The summed E-state index contributed by atoms with van der Waals surface area (Å²) in [6.07, 6.45) is 0. The standard InChI is InChI=1S/C20H15Cl2N5O2S/c1-11-18(25-24-16-8-5-13(21)9-15(16)22)19(28)27(26-11)20-23-17(10-30-20)12-3-6-14(29-2)7-4-12/h3-10,26H,1-2H3. The zero-order valence-corrected chi connectivity index (χ0v) is 18.2. The van der Waals surface area contributed by atoms with E-state index < -0.39 is 0 Å². The topological polar surface area (TPSA) is 84.6 Å². The van der Waals surface area contributed by atoms with E-state index >= 15 is 0 Å². The SMILES string of the molecule is COc1ccc(-c2csc(-n3[nH]c(C)c(N=Nc4ccc(Cl)cc4Cl)c3=O)n2)cc1. The van der Waals surface area contributed by atoms with E-state index in [1.165, 1.54) is 16.0 Å². The van der Waals surface area contributed by atoms with Crippen molar-refractivity contribution in [3.05, 3.63) is 73.9 Å². The van der Waals surface area contributed by atoms with Gasteiger partial charge in [-0.1, -0.05) is 23.2 Å². The third-order valence-corrected chi connectivity index (χ3v) is 5.64. The summed E-state index contributed by atoms with van der Waals surface area (Å²) in [7, 11) is 1.62. The molecule has 0 fully saturated rings. The van der Waals surface area contributed by atoms with Gasteiger partial charge in [0.2, 0.25) is 5.13 Å². The molecule has 0 amide bonds. The molecule has 1 N–H and O–H groups in total. The molecule has 30 heavy (non-hydrogen) atoms. The lowest BCUT2D eigenvalue weighted by Crippen LogP contribution is -2.13. The summed E-state index contributed by atoms with van der Waals surface area (Å²) in [6, 6.07) is 12.4. The zero-order chi connectivity index (χ0) is 21.3. The van der Waals surface area contributed by atoms with Crippen molar-refractivity contribution < 1.29 is 4.74 Å². The summed E-state index contributed by atoms with van der Waals surface area (Å²) in [5.41, 5.74) is 2.50. The van der Waals surface area contributed by atoms with Crippen LogP contribution in [0.1, 0.15) is 5.69 Å². The molecule has 0 radical (unpaired) electrons. The monoisotopic (exact) mass is 459 g/mol. The van der Waals surface area contributed by atoms with Crippen molar-refractivity contribution in [3.8, 4) is 22.1 Å². The van der Waals surface area contributed by atoms with Gasteiger partial charge < -0.3 is 4.74 Å². The van der Waals surface area contributed by atoms with Crippen LogP contribution < -0.4 is 10.3 Å². The van der Waals surface area contributed by atoms with E-state index in [1.807, 2.05) is 29.6 Å². The lowest BCUT2D eigenvalue weighted by Gasteiger charge is -2.00. The fourth-order valence-electron chi connectivity index (χ4n) is 2.72. The number of hydrogen-bond acceptors (Lipinski definition) is 6. The number of thiazole rings is 1. The fraction of sp³-hybridized carbons (Fsp3) is 0.100. The zero-order valence-electron chi connectivity index (χ0n) is 15.9. The number of rotatable bonds is 5. The van der Waals surface area contributed by atoms with Gasteiger partial charge >= 0.3 is 5.56 Å². The molecular formula is C20H15Cl2N5O2S. The van der Waals surface area contributed by atoms with Crippen molar-refractivity contribution in [1.29, 1.82) is 0 Å². The number of aromatic amines is 1. The van der Waals surface area contributed by atoms with Crippen LogP contribution >= 0.6 is 34.5 Å². The highest BCUT2D eigenvalue weighted by Crippen LogP contribution is 2.30. The number of H-pyrrole nitrogens is 1. The minimum Gasteiger partial charge on any atom is -0.497 e. The van der Waals surface area contributed by atoms with Gasteiger partial charge in [-0.2, -0.15) is 4.68 Å². The average molecular weight is 460 g/mol. The maximum atomic E-state index is 12.9. The van der Waals surface area contributed by atoms with Crippen LogP contribution in [0.25, 0.3) is 16.4 Å². The number of hydrogen-bond donors (Lipinski definition) is 1. The number of benzene rings is 2. The van der Waals surface area contributed by atoms with Crippen LogP contribution in [0.4, 0.5) is 11.4 Å². The Kier molecular flexibility index (Phi) is 5.72. The number of nitrogens with zero attached hydrogens (tertiary/aromatic N) is 4. The van der Waals surface area contributed by atoms with Crippen molar-refractivity contribution in [1.82, 2.24) is 14.8 Å². The summed E-state index contributed by atoms with van der Waals surface area (Å²) in [6.45, 7) is 1.74. The van der Waals surface area contributed by atoms with E-state index in [1.54, 1.807) is 32.2 Å². The van der Waals surface area contributed by atoms with Crippen LogP contribution in [0, 0.1) is 6.92 Å². The van der Waals surface area contributed by atoms with Crippen LogP contribution in [0.2, 0.25) is 10.0 Å². The molecule has 0 saturated carbocycles. The number of azo groups is 1. The van der Waals surface area contributed by atoms with Crippen molar-refractivity contribution >= 4 is 45.9 Å². The third-order valence-electron chi connectivity index (χ3n) is 4.28. The van der Waals surface area contributed by atoms with Crippen LogP contribution in [-0.2, 0) is 0 Å². The molecule has 0 bridgehead atoms. The largest absolute Gasteiger partial charge is 0.497 e. The molecule has 0 unspecified atom stereocenters. The van der Waals surface area contributed by atoms with Gasteiger partial charge in [-0.3, -0.25) is 9.89 Å². The van der Waals surface area contributed by atoms with Crippen LogP contribution in [0.5, 0.6) is 5.75 Å². The first-order valence-electron chi connectivity index (χ1n) is 8.75. The van der Waals surface area contributed by atoms with Crippen LogP contribution in [-0.4, -0.2) is 21.9 Å². The Labute approximate surface area is 185 Å². The molecule has 7 nitrogen and oxygen atoms in total. The Hall–Kier alpha value is -2.94. The number of methoxy groups -OCH3 is 1. The minimum atomic E-state index is -0.350. The van der Waals surface area contributed by atoms with Crippen molar-refractivity contribution in [3.63, 3.8) is 0 Å². The number of aryl methyl sites for hydroxylation is 1. The molecule has 0 saturated heterocycles. The quantitative estimate of drug-likeness (QED) is 0.353. The molecule has 2 heterocycles. The smallest absolute Gasteiger partial charge is 0.301 e. The summed E-state index contributed by atoms with van der Waals surface area (Å²) in [5.74, 6) is 0.765. The Morgan fingerprint density at radius 2 is 1.90 bits per heavy atom. The minimum absolute atomic E-state index is 0.183. The maximum absolute atomic E-state index is 12.9. The first-order chi connectivity index (χ1) is 14.5. The summed E-state index contributed by atoms with van der Waals surface area (Å²) in [5, 5.41) is 14.4. The van der Waals surface area contributed by atoms with Gasteiger partial charge in [0.25, 0.3) is 0 Å². The van der Waals surface area contributed by atoms with Gasteiger partial charge in [-0.15, -0.1) is 21.6 Å². The summed E-state index contributed by atoms with van der Waals surface area (Å²) >= 11 is 13.3. The second-order valence-electron chi connectivity index (χ2n) is 6.27. The van der Waals surface area contributed by atoms with Crippen LogP contribution in [0.3, 0.4) is 0 Å². The second kappa shape index (κ2) is 8.43. The molecule has 2 aromatic carbocycles. The van der Waals surface area contributed by atoms with E-state index in [2.05, 4.69) is 20.3 Å². The molecule has 0 aliphatic heterocycles. The van der Waals surface area contributed by atoms with Gasteiger partial charge in [0, 0.05) is 16.0 Å². The lowest BCUT2D eigenvalue weighted by atomic mass is 10.2. The third kappa shape index (κ3) is 4.02.